The number of hydrogen-bond donors (Lipinski definition) is 0. The molecular formula is C34H37NaO4. The maximum atomic E-state index is 12.7. The molecule has 1 heterocycles. The summed E-state index contributed by atoms with van der Waals surface area (Å²) in [5, 5.41) is 13.9. The Balaban J connectivity index is 0.00000137. The smallest absolute Gasteiger partial charge is 0.872 e. The van der Waals surface area contributed by atoms with Crippen LogP contribution in [0.3, 0.4) is 0 Å². The first-order chi connectivity index (χ1) is 18.7. The van der Waals surface area contributed by atoms with Crippen LogP contribution in [0.5, 0.6) is 17.2 Å². The Labute approximate surface area is 254 Å². The van der Waals surface area contributed by atoms with Crippen LogP contribution in [0.15, 0.2) is 77.2 Å². The fourth-order valence-electron chi connectivity index (χ4n) is 4.82. The number of ether oxygens (including phenoxy) is 2. The molecule has 0 unspecified atom stereocenters. The van der Waals surface area contributed by atoms with E-state index < -0.39 is 0 Å². The van der Waals surface area contributed by atoms with Crippen molar-refractivity contribution in [2.45, 2.75) is 53.4 Å². The van der Waals surface area contributed by atoms with Crippen molar-refractivity contribution in [3.8, 4) is 28.4 Å². The fourth-order valence-corrected chi connectivity index (χ4v) is 4.82. The summed E-state index contributed by atoms with van der Waals surface area (Å²) < 4.78 is 18.4. The minimum atomic E-state index is -0.0194. The minimum Gasteiger partial charge on any atom is -0.872 e. The van der Waals surface area contributed by atoms with Gasteiger partial charge in [-0.2, -0.15) is 0 Å². The van der Waals surface area contributed by atoms with Gasteiger partial charge in [0.15, 0.2) is 0 Å². The van der Waals surface area contributed by atoms with Crippen molar-refractivity contribution in [1.82, 2.24) is 0 Å². The number of furan rings is 1. The molecule has 1 aliphatic rings. The first kappa shape index (κ1) is 30.6. The summed E-state index contributed by atoms with van der Waals surface area (Å²) in [5.41, 5.74) is 5.92. The maximum Gasteiger partial charge on any atom is 1.00 e. The van der Waals surface area contributed by atoms with E-state index in [2.05, 4.69) is 38.2 Å². The topological polar surface area (TPSA) is 54.7 Å². The Morgan fingerprint density at radius 3 is 2.33 bits per heavy atom. The second-order valence-corrected chi connectivity index (χ2v) is 8.93. The monoisotopic (exact) mass is 532 g/mol. The van der Waals surface area contributed by atoms with Gasteiger partial charge in [0.2, 0.25) is 0 Å². The van der Waals surface area contributed by atoms with Gasteiger partial charge >= 0.3 is 29.6 Å². The van der Waals surface area contributed by atoms with Crippen LogP contribution < -0.4 is 44.1 Å². The van der Waals surface area contributed by atoms with Crippen LogP contribution in [0.1, 0.15) is 56.6 Å². The Kier molecular flexibility index (Phi) is 11.8. The summed E-state index contributed by atoms with van der Waals surface area (Å²) in [7, 11) is 0. The van der Waals surface area contributed by atoms with Gasteiger partial charge < -0.3 is 19.0 Å². The second-order valence-electron chi connectivity index (χ2n) is 8.93. The number of hydrogen-bond acceptors (Lipinski definition) is 4. The summed E-state index contributed by atoms with van der Waals surface area (Å²) >= 11 is 0. The summed E-state index contributed by atoms with van der Waals surface area (Å²) in [6, 6.07) is 17.4. The molecule has 4 aromatic rings. The van der Waals surface area contributed by atoms with E-state index in [1.807, 2.05) is 62.4 Å². The molecule has 0 spiro atoms. The molecule has 5 rings (SSSR count). The molecular weight excluding hydrogens is 495 g/mol. The zero-order valence-electron chi connectivity index (χ0n) is 23.9. The predicted molar refractivity (Wildman–Crippen MR) is 155 cm³/mol. The standard InChI is InChI=1S/C32H32O4.C2H6.Na/c1-3-22-20-26(23-12-7-5-8-13-23)27(33)21-31(22)35-19-11-18-34-28-16-17-30-32(24(28)4-2)25-14-9-6-10-15-29(25)36-30;1-2;/h5-10,12-14,16-17,20-21,33H,3-4,11,15,18-19H2,1-2H3;1-2H3;/q;;+1/p-1. The number of aryl methyl sites for hydroxylation is 2. The van der Waals surface area contributed by atoms with Crippen molar-refractivity contribution in [1.29, 1.82) is 0 Å². The predicted octanol–water partition coefficient (Wildman–Crippen LogP) is 5.30. The van der Waals surface area contributed by atoms with Crippen molar-refractivity contribution in [2.24, 2.45) is 0 Å². The van der Waals surface area contributed by atoms with Crippen LogP contribution in [0.4, 0.5) is 0 Å². The van der Waals surface area contributed by atoms with Crippen LogP contribution in [-0.2, 0) is 19.3 Å². The van der Waals surface area contributed by atoms with Crippen LogP contribution in [0.25, 0.3) is 28.2 Å². The third kappa shape index (κ3) is 7.00. The van der Waals surface area contributed by atoms with Crippen LogP contribution in [-0.4, -0.2) is 13.2 Å². The Morgan fingerprint density at radius 2 is 1.62 bits per heavy atom. The van der Waals surface area contributed by atoms with Gasteiger partial charge in [0, 0.05) is 29.4 Å². The van der Waals surface area contributed by atoms with Crippen molar-refractivity contribution >= 4 is 17.0 Å². The van der Waals surface area contributed by atoms with Crippen LogP contribution in [0.2, 0.25) is 0 Å². The Hall–Kier alpha value is -2.92. The molecule has 3 aromatic carbocycles. The van der Waals surface area contributed by atoms with Crippen molar-refractivity contribution in [3.63, 3.8) is 0 Å². The average Bonchev–Trinajstić information content (AvgIpc) is 3.15. The van der Waals surface area contributed by atoms with Crippen molar-refractivity contribution < 1.29 is 48.6 Å². The summed E-state index contributed by atoms with van der Waals surface area (Å²) in [5.74, 6) is 2.54. The third-order valence-corrected chi connectivity index (χ3v) is 6.63. The molecule has 0 bridgehead atoms. The molecule has 1 aromatic heterocycles. The molecule has 0 fully saturated rings. The summed E-state index contributed by atoms with van der Waals surface area (Å²) in [6.45, 7) is 9.24. The van der Waals surface area contributed by atoms with Crippen molar-refractivity contribution in [3.05, 3.63) is 95.3 Å². The zero-order chi connectivity index (χ0) is 26.9. The quantitative estimate of drug-likeness (QED) is 0.217. The van der Waals surface area contributed by atoms with E-state index in [4.69, 9.17) is 13.9 Å². The second kappa shape index (κ2) is 15.0. The van der Waals surface area contributed by atoms with Gasteiger partial charge in [0.1, 0.15) is 22.8 Å². The largest absolute Gasteiger partial charge is 1.00 e. The minimum absolute atomic E-state index is 0. The fraction of sp³-hybridized carbons (Fsp3) is 0.294. The van der Waals surface area contributed by atoms with Gasteiger partial charge in [0.05, 0.1) is 13.2 Å². The van der Waals surface area contributed by atoms with Gasteiger partial charge in [-0.15, -0.1) is 0 Å². The van der Waals surface area contributed by atoms with Crippen LogP contribution in [0, 0.1) is 0 Å². The van der Waals surface area contributed by atoms with Gasteiger partial charge in [-0.1, -0.05) is 88.1 Å². The molecule has 0 saturated carbocycles. The molecule has 0 atom stereocenters. The zero-order valence-corrected chi connectivity index (χ0v) is 25.9. The molecule has 5 heteroatoms. The van der Waals surface area contributed by atoms with Gasteiger partial charge in [-0.25, -0.2) is 0 Å². The van der Waals surface area contributed by atoms with Gasteiger partial charge in [-0.3, -0.25) is 0 Å². The summed E-state index contributed by atoms with van der Waals surface area (Å²) in [4.78, 5) is 0. The molecule has 198 valence electrons. The SMILES string of the molecule is CC.CCc1cc(-c2ccccc2)c([O-])cc1OCCCOc1ccc2oc3c(c2c1CC)C=CC=CC3.[Na+]. The molecule has 0 aliphatic heterocycles. The molecule has 39 heavy (non-hydrogen) atoms. The van der Waals surface area contributed by atoms with E-state index in [1.54, 1.807) is 6.07 Å². The van der Waals surface area contributed by atoms with Crippen molar-refractivity contribution in [2.75, 3.05) is 13.2 Å². The average molecular weight is 533 g/mol. The number of benzene rings is 3. The first-order valence-corrected chi connectivity index (χ1v) is 13.7. The van der Waals surface area contributed by atoms with E-state index in [0.29, 0.717) is 30.9 Å². The molecule has 0 amide bonds. The Morgan fingerprint density at radius 1 is 0.872 bits per heavy atom. The van der Waals surface area contributed by atoms with E-state index in [0.717, 1.165) is 58.4 Å². The normalized spacial score (nSPS) is 11.7. The molecule has 4 nitrogen and oxygen atoms in total. The number of allylic oxidation sites excluding steroid dienone is 3. The molecule has 0 radical (unpaired) electrons. The molecule has 1 aliphatic carbocycles. The third-order valence-electron chi connectivity index (χ3n) is 6.63. The number of rotatable bonds is 9. The maximum absolute atomic E-state index is 12.7. The van der Waals surface area contributed by atoms with E-state index in [1.165, 1.54) is 5.56 Å². The molecule has 0 saturated heterocycles. The first-order valence-electron chi connectivity index (χ1n) is 13.7. The van der Waals surface area contributed by atoms with E-state index >= 15 is 0 Å². The molecule has 0 N–H and O–H groups in total. The van der Waals surface area contributed by atoms with E-state index in [9.17, 15) is 5.11 Å². The van der Waals surface area contributed by atoms with E-state index in [-0.39, 0.29) is 35.3 Å². The Bertz CT molecular complexity index is 1420. The number of fused-ring (bicyclic) bond motifs is 3. The summed E-state index contributed by atoms with van der Waals surface area (Å²) in [6.07, 6.45) is 11.5. The van der Waals surface area contributed by atoms with Gasteiger partial charge in [-0.05, 0) is 53.8 Å². The van der Waals surface area contributed by atoms with Crippen LogP contribution >= 0.6 is 0 Å². The van der Waals surface area contributed by atoms with Gasteiger partial charge in [0.25, 0.3) is 0 Å².